The molecule has 0 radical (unpaired) electrons. The van der Waals surface area contributed by atoms with Crippen molar-refractivity contribution in [3.63, 3.8) is 0 Å². The van der Waals surface area contributed by atoms with Gasteiger partial charge in [-0.3, -0.25) is 4.72 Å². The van der Waals surface area contributed by atoms with Gasteiger partial charge in [0.15, 0.2) is 5.84 Å². The highest BCUT2D eigenvalue weighted by molar-refractivity contribution is 7.92. The minimum atomic E-state index is -3.41. The van der Waals surface area contributed by atoms with Crippen molar-refractivity contribution >= 4 is 21.5 Å². The molecule has 0 aliphatic rings. The number of nitrogens with zero attached hydrogens (tertiary/aromatic N) is 1. The van der Waals surface area contributed by atoms with Gasteiger partial charge in [-0.25, -0.2) is 8.42 Å². The summed E-state index contributed by atoms with van der Waals surface area (Å²) in [6.45, 7) is 5.96. The van der Waals surface area contributed by atoms with E-state index >= 15 is 0 Å². The summed E-state index contributed by atoms with van der Waals surface area (Å²) in [6.07, 6.45) is 0.558. The Labute approximate surface area is 119 Å². The van der Waals surface area contributed by atoms with Gasteiger partial charge in [0.1, 0.15) is 0 Å². The van der Waals surface area contributed by atoms with Crippen LogP contribution in [0.3, 0.4) is 0 Å². The predicted octanol–water partition coefficient (Wildman–Crippen LogP) is 1.96. The third-order valence-corrected chi connectivity index (χ3v) is 3.95. The van der Waals surface area contributed by atoms with Crippen molar-refractivity contribution in [1.29, 1.82) is 0 Å². The maximum Gasteiger partial charge on any atom is 0.232 e. The molecule has 1 rings (SSSR count). The molecule has 7 heteroatoms. The topological polar surface area (TPSA) is 105 Å². The fraction of sp³-hybridized carbons (Fsp3) is 0.462. The SMILES string of the molecule is CC(C)(C)CCS(=O)(=O)Nc1cccc(/C(N)=N/O)c1. The van der Waals surface area contributed by atoms with Crippen LogP contribution >= 0.6 is 0 Å². The standard InChI is InChI=1S/C13H21N3O3S/c1-13(2,3)7-8-20(18,19)16-11-6-4-5-10(9-11)12(14)15-17/h4-6,9,16-17H,7-8H2,1-3H3,(H2,14,15). The second kappa shape index (κ2) is 6.13. The van der Waals surface area contributed by atoms with E-state index in [-0.39, 0.29) is 17.0 Å². The number of hydrogen-bond donors (Lipinski definition) is 3. The van der Waals surface area contributed by atoms with Crippen LogP contribution in [0, 0.1) is 5.41 Å². The van der Waals surface area contributed by atoms with Crippen LogP contribution in [0.1, 0.15) is 32.8 Å². The average molecular weight is 299 g/mol. The maximum atomic E-state index is 12.0. The Kier molecular flexibility index (Phi) is 4.99. The second-order valence-corrected chi connectivity index (χ2v) is 7.64. The molecule has 4 N–H and O–H groups in total. The number of hydrogen-bond acceptors (Lipinski definition) is 4. The Balaban J connectivity index is 2.83. The largest absolute Gasteiger partial charge is 0.409 e. The molecule has 20 heavy (non-hydrogen) atoms. The summed E-state index contributed by atoms with van der Waals surface area (Å²) >= 11 is 0. The Hall–Kier alpha value is -1.76. The fourth-order valence-electron chi connectivity index (χ4n) is 1.47. The van der Waals surface area contributed by atoms with Crippen LogP contribution in [0.5, 0.6) is 0 Å². The molecular weight excluding hydrogens is 278 g/mol. The van der Waals surface area contributed by atoms with Crippen molar-refractivity contribution in [3.8, 4) is 0 Å². The highest BCUT2D eigenvalue weighted by atomic mass is 32.2. The third kappa shape index (κ3) is 5.48. The number of anilines is 1. The molecule has 0 atom stereocenters. The lowest BCUT2D eigenvalue weighted by molar-refractivity contribution is 0.318. The van der Waals surface area contributed by atoms with Crippen molar-refractivity contribution in [1.82, 2.24) is 0 Å². The quantitative estimate of drug-likeness (QED) is 0.334. The van der Waals surface area contributed by atoms with Gasteiger partial charge in [0, 0.05) is 11.3 Å². The number of oxime groups is 1. The molecule has 6 nitrogen and oxygen atoms in total. The second-order valence-electron chi connectivity index (χ2n) is 5.80. The van der Waals surface area contributed by atoms with Crippen LogP contribution in [0.4, 0.5) is 5.69 Å². The fourth-order valence-corrected chi connectivity index (χ4v) is 2.94. The van der Waals surface area contributed by atoms with Crippen LogP contribution in [0.25, 0.3) is 0 Å². The van der Waals surface area contributed by atoms with Crippen LogP contribution in [0.15, 0.2) is 29.4 Å². The zero-order valence-electron chi connectivity index (χ0n) is 11.9. The first-order valence-corrected chi connectivity index (χ1v) is 7.87. The molecule has 0 fully saturated rings. The zero-order valence-corrected chi connectivity index (χ0v) is 12.7. The van der Waals surface area contributed by atoms with E-state index in [1.807, 2.05) is 20.8 Å². The smallest absolute Gasteiger partial charge is 0.232 e. The van der Waals surface area contributed by atoms with Crippen molar-refractivity contribution in [2.24, 2.45) is 16.3 Å². The highest BCUT2D eigenvalue weighted by Gasteiger charge is 2.17. The lowest BCUT2D eigenvalue weighted by Crippen LogP contribution is -2.21. The minimum Gasteiger partial charge on any atom is -0.409 e. The molecule has 0 unspecified atom stereocenters. The van der Waals surface area contributed by atoms with E-state index in [0.717, 1.165) is 0 Å². The Morgan fingerprint density at radius 3 is 2.60 bits per heavy atom. The van der Waals surface area contributed by atoms with Crippen molar-refractivity contribution in [2.45, 2.75) is 27.2 Å². The van der Waals surface area contributed by atoms with E-state index in [2.05, 4.69) is 9.88 Å². The van der Waals surface area contributed by atoms with Gasteiger partial charge in [0.25, 0.3) is 0 Å². The molecule has 1 aromatic carbocycles. The summed E-state index contributed by atoms with van der Waals surface area (Å²) in [6, 6.07) is 6.39. The normalized spacial score (nSPS) is 13.2. The molecule has 1 aromatic rings. The number of nitrogens with two attached hydrogens (primary N) is 1. The Bertz CT molecular complexity index is 589. The van der Waals surface area contributed by atoms with Gasteiger partial charge in [-0.2, -0.15) is 0 Å². The minimum absolute atomic E-state index is 0.0459. The van der Waals surface area contributed by atoms with E-state index in [1.165, 1.54) is 6.07 Å². The monoisotopic (exact) mass is 299 g/mol. The molecule has 0 amide bonds. The van der Waals surface area contributed by atoms with Gasteiger partial charge >= 0.3 is 0 Å². The first-order valence-electron chi connectivity index (χ1n) is 6.21. The van der Waals surface area contributed by atoms with Crippen LogP contribution in [0.2, 0.25) is 0 Å². The van der Waals surface area contributed by atoms with Crippen LogP contribution in [-0.2, 0) is 10.0 Å². The zero-order chi connectivity index (χ0) is 15.4. The molecule has 0 aliphatic carbocycles. The van der Waals surface area contributed by atoms with Crippen molar-refractivity contribution < 1.29 is 13.6 Å². The van der Waals surface area contributed by atoms with E-state index in [1.54, 1.807) is 18.2 Å². The maximum absolute atomic E-state index is 12.0. The van der Waals surface area contributed by atoms with Gasteiger partial charge < -0.3 is 10.9 Å². The van der Waals surface area contributed by atoms with Gasteiger partial charge in [-0.05, 0) is 24.0 Å². The number of sulfonamides is 1. The number of amidine groups is 1. The number of rotatable bonds is 5. The highest BCUT2D eigenvalue weighted by Crippen LogP contribution is 2.20. The number of benzene rings is 1. The van der Waals surface area contributed by atoms with Crippen LogP contribution in [-0.4, -0.2) is 25.2 Å². The lowest BCUT2D eigenvalue weighted by atomic mass is 9.94. The molecule has 0 spiro atoms. The van der Waals surface area contributed by atoms with Gasteiger partial charge in [0.2, 0.25) is 10.0 Å². The molecule has 0 heterocycles. The van der Waals surface area contributed by atoms with Crippen molar-refractivity contribution in [2.75, 3.05) is 10.5 Å². The summed E-state index contributed by atoms with van der Waals surface area (Å²) < 4.78 is 26.4. The number of nitrogens with one attached hydrogen (secondary N) is 1. The molecule has 0 saturated heterocycles. The van der Waals surface area contributed by atoms with Gasteiger partial charge in [-0.15, -0.1) is 0 Å². The van der Waals surface area contributed by atoms with E-state index in [4.69, 9.17) is 10.9 Å². The van der Waals surface area contributed by atoms with E-state index in [0.29, 0.717) is 17.7 Å². The molecule has 0 aliphatic heterocycles. The summed E-state index contributed by atoms with van der Waals surface area (Å²) in [4.78, 5) is 0. The van der Waals surface area contributed by atoms with E-state index < -0.39 is 10.0 Å². The Morgan fingerprint density at radius 1 is 1.40 bits per heavy atom. The first-order chi connectivity index (χ1) is 9.13. The van der Waals surface area contributed by atoms with Crippen molar-refractivity contribution in [3.05, 3.63) is 29.8 Å². The Morgan fingerprint density at radius 2 is 2.05 bits per heavy atom. The summed E-state index contributed by atoms with van der Waals surface area (Å²) in [7, 11) is -3.41. The summed E-state index contributed by atoms with van der Waals surface area (Å²) in [5.74, 6) is -0.0228. The summed E-state index contributed by atoms with van der Waals surface area (Å²) in [5.41, 5.74) is 6.25. The predicted molar refractivity (Wildman–Crippen MR) is 80.4 cm³/mol. The molecular formula is C13H21N3O3S. The molecule has 0 bridgehead atoms. The van der Waals surface area contributed by atoms with Gasteiger partial charge in [-0.1, -0.05) is 38.1 Å². The molecule has 0 saturated carbocycles. The third-order valence-electron chi connectivity index (χ3n) is 2.66. The first kappa shape index (κ1) is 16.3. The lowest BCUT2D eigenvalue weighted by Gasteiger charge is -2.18. The molecule has 0 aromatic heterocycles. The van der Waals surface area contributed by atoms with Crippen LogP contribution < -0.4 is 10.5 Å². The summed E-state index contributed by atoms with van der Waals surface area (Å²) in [5, 5.41) is 11.5. The molecule has 112 valence electrons. The van der Waals surface area contributed by atoms with E-state index in [9.17, 15) is 8.42 Å². The average Bonchev–Trinajstić information content (AvgIpc) is 2.35. The van der Waals surface area contributed by atoms with Gasteiger partial charge in [0.05, 0.1) is 5.75 Å².